The number of aliphatic hydroxyl groups excluding tert-OH is 2. The molecule has 2 N–H and O–H groups in total. The molecule has 3 nitrogen and oxygen atoms in total. The lowest BCUT2D eigenvalue weighted by atomic mass is 9.85. The van der Waals surface area contributed by atoms with Crippen molar-refractivity contribution in [2.75, 3.05) is 0 Å². The molecule has 0 aliphatic carbocycles. The molecule has 104 valence electrons. The van der Waals surface area contributed by atoms with Crippen molar-refractivity contribution in [3.63, 3.8) is 0 Å². The van der Waals surface area contributed by atoms with Crippen LogP contribution in [-0.4, -0.2) is 22.1 Å². The van der Waals surface area contributed by atoms with Crippen molar-refractivity contribution in [2.45, 2.75) is 19.1 Å². The third-order valence-electron chi connectivity index (χ3n) is 3.36. The van der Waals surface area contributed by atoms with Gasteiger partial charge in [-0.3, -0.25) is 4.79 Å². The highest BCUT2D eigenvalue weighted by Crippen LogP contribution is 2.28. The SMILES string of the molecule is C[C@H](O)[C@H](C(=O)c1ccccc1)[C@H](O)c1ccccc1. The van der Waals surface area contributed by atoms with Crippen molar-refractivity contribution in [2.24, 2.45) is 5.92 Å². The molecule has 0 saturated carbocycles. The highest BCUT2D eigenvalue weighted by atomic mass is 16.3. The predicted molar refractivity (Wildman–Crippen MR) is 77.3 cm³/mol. The minimum absolute atomic E-state index is 0.253. The zero-order valence-electron chi connectivity index (χ0n) is 11.3. The molecule has 2 rings (SSSR count). The van der Waals surface area contributed by atoms with Crippen LogP contribution in [0.1, 0.15) is 28.9 Å². The molecule has 0 aliphatic heterocycles. The second-order valence-corrected chi connectivity index (χ2v) is 4.85. The van der Waals surface area contributed by atoms with Gasteiger partial charge in [0.25, 0.3) is 0 Å². The Labute approximate surface area is 118 Å². The Bertz CT molecular complexity index is 549. The fourth-order valence-corrected chi connectivity index (χ4v) is 2.28. The normalized spacial score (nSPS) is 15.3. The molecule has 2 aromatic rings. The monoisotopic (exact) mass is 270 g/mol. The third-order valence-corrected chi connectivity index (χ3v) is 3.36. The van der Waals surface area contributed by atoms with Crippen LogP contribution in [0.5, 0.6) is 0 Å². The van der Waals surface area contributed by atoms with E-state index in [1.807, 2.05) is 12.1 Å². The first kappa shape index (κ1) is 14.4. The maximum absolute atomic E-state index is 12.5. The smallest absolute Gasteiger partial charge is 0.171 e. The van der Waals surface area contributed by atoms with E-state index in [0.29, 0.717) is 11.1 Å². The number of carbonyl (C=O) groups is 1. The topological polar surface area (TPSA) is 57.5 Å². The van der Waals surface area contributed by atoms with Gasteiger partial charge in [0.1, 0.15) is 0 Å². The lowest BCUT2D eigenvalue weighted by molar-refractivity contribution is 0.0222. The summed E-state index contributed by atoms with van der Waals surface area (Å²) < 4.78 is 0. The summed E-state index contributed by atoms with van der Waals surface area (Å²) in [6.07, 6.45) is -1.96. The number of carbonyl (C=O) groups excluding carboxylic acids is 1. The Kier molecular flexibility index (Phi) is 4.66. The predicted octanol–water partition coefficient (Wildman–Crippen LogP) is 2.60. The van der Waals surface area contributed by atoms with Gasteiger partial charge in [0.2, 0.25) is 0 Å². The Balaban J connectivity index is 2.30. The quantitative estimate of drug-likeness (QED) is 0.821. The van der Waals surface area contributed by atoms with Crippen molar-refractivity contribution in [3.8, 4) is 0 Å². The summed E-state index contributed by atoms with van der Waals surface area (Å²) in [5, 5.41) is 20.3. The van der Waals surface area contributed by atoms with Crippen molar-refractivity contribution in [1.82, 2.24) is 0 Å². The molecular weight excluding hydrogens is 252 g/mol. The van der Waals surface area contributed by atoms with Crippen LogP contribution in [0.15, 0.2) is 60.7 Å². The highest BCUT2D eigenvalue weighted by molar-refractivity contribution is 5.98. The van der Waals surface area contributed by atoms with E-state index in [1.54, 1.807) is 48.5 Å². The van der Waals surface area contributed by atoms with Crippen LogP contribution in [0, 0.1) is 5.92 Å². The van der Waals surface area contributed by atoms with Crippen LogP contribution in [0.3, 0.4) is 0 Å². The number of aliphatic hydroxyl groups is 2. The maximum atomic E-state index is 12.5. The van der Waals surface area contributed by atoms with E-state index < -0.39 is 18.1 Å². The van der Waals surface area contributed by atoms with Gasteiger partial charge in [-0.05, 0) is 12.5 Å². The summed E-state index contributed by atoms with van der Waals surface area (Å²) in [6, 6.07) is 17.7. The molecule has 0 amide bonds. The summed E-state index contributed by atoms with van der Waals surface area (Å²) in [6.45, 7) is 1.53. The largest absolute Gasteiger partial charge is 0.393 e. The molecule has 0 aliphatic rings. The van der Waals surface area contributed by atoms with Crippen LogP contribution in [-0.2, 0) is 0 Å². The van der Waals surface area contributed by atoms with Crippen molar-refractivity contribution < 1.29 is 15.0 Å². The molecule has 3 heteroatoms. The van der Waals surface area contributed by atoms with Crippen LogP contribution in [0.4, 0.5) is 0 Å². The molecule has 20 heavy (non-hydrogen) atoms. The fourth-order valence-electron chi connectivity index (χ4n) is 2.28. The zero-order chi connectivity index (χ0) is 14.5. The van der Waals surface area contributed by atoms with E-state index >= 15 is 0 Å². The molecular formula is C17H18O3. The Morgan fingerprint density at radius 3 is 1.90 bits per heavy atom. The number of ketones is 1. The molecule has 0 saturated heterocycles. The number of hydrogen-bond acceptors (Lipinski definition) is 3. The first-order valence-corrected chi connectivity index (χ1v) is 6.61. The van der Waals surface area contributed by atoms with E-state index in [0.717, 1.165) is 0 Å². The number of Topliss-reactive ketones (excluding diaryl/α,β-unsaturated/α-hetero) is 1. The van der Waals surface area contributed by atoms with Gasteiger partial charge in [0.15, 0.2) is 5.78 Å². The van der Waals surface area contributed by atoms with Gasteiger partial charge >= 0.3 is 0 Å². The van der Waals surface area contributed by atoms with Crippen LogP contribution < -0.4 is 0 Å². The number of hydrogen-bond donors (Lipinski definition) is 2. The summed E-state index contributed by atoms with van der Waals surface area (Å²) in [5.41, 5.74) is 1.12. The van der Waals surface area contributed by atoms with Crippen molar-refractivity contribution in [3.05, 3.63) is 71.8 Å². The summed E-state index contributed by atoms with van der Waals surface area (Å²) in [5.74, 6) is -1.13. The number of rotatable bonds is 5. The second kappa shape index (κ2) is 6.46. The van der Waals surface area contributed by atoms with Crippen molar-refractivity contribution >= 4 is 5.78 Å². The Morgan fingerprint density at radius 1 is 0.900 bits per heavy atom. The van der Waals surface area contributed by atoms with Gasteiger partial charge in [-0.2, -0.15) is 0 Å². The minimum atomic E-state index is -1.02. The minimum Gasteiger partial charge on any atom is -0.393 e. The van der Waals surface area contributed by atoms with Gasteiger partial charge in [-0.25, -0.2) is 0 Å². The van der Waals surface area contributed by atoms with Gasteiger partial charge in [-0.15, -0.1) is 0 Å². The Morgan fingerprint density at radius 2 is 1.40 bits per heavy atom. The first-order valence-electron chi connectivity index (χ1n) is 6.61. The molecule has 0 unspecified atom stereocenters. The lowest BCUT2D eigenvalue weighted by Crippen LogP contribution is -2.32. The standard InChI is InChI=1S/C17H18O3/c1-12(18)15(16(19)13-8-4-2-5-9-13)17(20)14-10-6-3-7-11-14/h2-12,15-16,18-19H,1H3/t12-,15-,16+/m0/s1. The van der Waals surface area contributed by atoms with Crippen LogP contribution >= 0.6 is 0 Å². The van der Waals surface area contributed by atoms with E-state index in [2.05, 4.69) is 0 Å². The van der Waals surface area contributed by atoms with Gasteiger partial charge in [-0.1, -0.05) is 60.7 Å². The van der Waals surface area contributed by atoms with E-state index in [-0.39, 0.29) is 5.78 Å². The molecule has 0 spiro atoms. The van der Waals surface area contributed by atoms with E-state index in [4.69, 9.17) is 0 Å². The summed E-state index contributed by atoms with van der Waals surface area (Å²) >= 11 is 0. The van der Waals surface area contributed by atoms with E-state index in [9.17, 15) is 15.0 Å². The average Bonchev–Trinajstić information content (AvgIpc) is 2.48. The Hall–Kier alpha value is -1.97. The second-order valence-electron chi connectivity index (χ2n) is 4.85. The molecule has 3 atom stereocenters. The molecule has 0 bridgehead atoms. The van der Waals surface area contributed by atoms with Crippen molar-refractivity contribution in [1.29, 1.82) is 0 Å². The molecule has 2 aromatic carbocycles. The molecule has 0 fully saturated rings. The van der Waals surface area contributed by atoms with Gasteiger partial charge in [0, 0.05) is 5.56 Å². The fraction of sp³-hybridized carbons (Fsp3) is 0.235. The zero-order valence-corrected chi connectivity index (χ0v) is 11.3. The molecule has 0 aromatic heterocycles. The van der Waals surface area contributed by atoms with Crippen LogP contribution in [0.25, 0.3) is 0 Å². The summed E-state index contributed by atoms with van der Waals surface area (Å²) in [4.78, 5) is 12.5. The van der Waals surface area contributed by atoms with Gasteiger partial charge in [0.05, 0.1) is 18.1 Å². The molecule has 0 radical (unpaired) electrons. The maximum Gasteiger partial charge on any atom is 0.171 e. The first-order chi connectivity index (χ1) is 9.61. The molecule has 0 heterocycles. The lowest BCUT2D eigenvalue weighted by Gasteiger charge is -2.24. The van der Waals surface area contributed by atoms with Crippen LogP contribution in [0.2, 0.25) is 0 Å². The number of benzene rings is 2. The third kappa shape index (κ3) is 3.13. The summed E-state index contributed by atoms with van der Waals surface area (Å²) in [7, 11) is 0. The average molecular weight is 270 g/mol. The van der Waals surface area contributed by atoms with Gasteiger partial charge < -0.3 is 10.2 Å². The van der Waals surface area contributed by atoms with E-state index in [1.165, 1.54) is 6.92 Å². The highest BCUT2D eigenvalue weighted by Gasteiger charge is 2.32.